The van der Waals surface area contributed by atoms with Crippen LogP contribution in [0.25, 0.3) is 10.9 Å². The van der Waals surface area contributed by atoms with Gasteiger partial charge in [0.05, 0.1) is 18.6 Å². The molecule has 0 bridgehead atoms. The van der Waals surface area contributed by atoms with Crippen LogP contribution >= 0.6 is 11.6 Å². The molecular formula is C21H22ClN5O. The summed E-state index contributed by atoms with van der Waals surface area (Å²) in [5.41, 5.74) is 2.07. The van der Waals surface area contributed by atoms with Gasteiger partial charge in [-0.1, -0.05) is 29.8 Å². The molecule has 144 valence electrons. The Kier molecular flexibility index (Phi) is 4.74. The number of para-hydroxylation sites is 1. The Labute approximate surface area is 168 Å². The smallest absolute Gasteiger partial charge is 0.234 e. The van der Waals surface area contributed by atoms with Crippen LogP contribution in [0.4, 0.5) is 5.82 Å². The number of fused-ring (bicyclic) bond motifs is 1. The second kappa shape index (κ2) is 7.53. The summed E-state index contributed by atoms with van der Waals surface area (Å²) in [5, 5.41) is 13.3. The van der Waals surface area contributed by atoms with E-state index in [2.05, 4.69) is 38.6 Å². The van der Waals surface area contributed by atoms with Crippen LogP contribution in [-0.4, -0.2) is 47.5 Å². The van der Waals surface area contributed by atoms with Gasteiger partial charge in [0, 0.05) is 11.5 Å². The van der Waals surface area contributed by atoms with Gasteiger partial charge in [-0.15, -0.1) is 10.2 Å². The van der Waals surface area contributed by atoms with Gasteiger partial charge in [0.2, 0.25) is 5.88 Å². The van der Waals surface area contributed by atoms with E-state index in [4.69, 9.17) is 21.3 Å². The summed E-state index contributed by atoms with van der Waals surface area (Å²) in [6, 6.07) is 14.3. The molecule has 2 aliphatic rings. The van der Waals surface area contributed by atoms with Gasteiger partial charge in [-0.3, -0.25) is 0 Å². The van der Waals surface area contributed by atoms with Crippen molar-refractivity contribution in [2.24, 2.45) is 0 Å². The van der Waals surface area contributed by atoms with E-state index in [1.807, 2.05) is 24.3 Å². The van der Waals surface area contributed by atoms with E-state index < -0.39 is 0 Å². The van der Waals surface area contributed by atoms with Crippen molar-refractivity contribution in [3.8, 4) is 5.88 Å². The first-order valence-corrected chi connectivity index (χ1v) is 10.2. The Morgan fingerprint density at radius 2 is 1.86 bits per heavy atom. The topological polar surface area (TPSA) is 63.2 Å². The summed E-state index contributed by atoms with van der Waals surface area (Å²) >= 11 is 6.30. The summed E-state index contributed by atoms with van der Waals surface area (Å²) in [6.45, 7) is 3.60. The third-order valence-corrected chi connectivity index (χ3v) is 5.87. The van der Waals surface area contributed by atoms with Crippen LogP contribution < -0.4 is 15.0 Å². The van der Waals surface area contributed by atoms with E-state index >= 15 is 0 Å². The fraction of sp³-hybridized carbons (Fsp3) is 0.381. The fourth-order valence-corrected chi connectivity index (χ4v) is 4.20. The number of anilines is 1. The Morgan fingerprint density at radius 3 is 2.71 bits per heavy atom. The maximum atomic E-state index is 6.30. The van der Waals surface area contributed by atoms with Gasteiger partial charge in [0.15, 0.2) is 5.15 Å². The molecule has 0 radical (unpaired) electrons. The molecule has 0 aliphatic carbocycles. The molecule has 0 atom stereocenters. The quantitative estimate of drug-likeness (QED) is 0.730. The second-order valence-corrected chi connectivity index (χ2v) is 7.82. The van der Waals surface area contributed by atoms with Crippen molar-refractivity contribution >= 4 is 28.3 Å². The number of nitrogens with zero attached hydrogens (tertiary/aromatic N) is 4. The second-order valence-electron chi connectivity index (χ2n) is 7.46. The molecule has 28 heavy (non-hydrogen) atoms. The van der Waals surface area contributed by atoms with Crippen LogP contribution in [-0.2, 0) is 0 Å². The Balaban J connectivity index is 1.24. The fourth-order valence-electron chi connectivity index (χ4n) is 3.95. The van der Waals surface area contributed by atoms with Crippen molar-refractivity contribution in [3.05, 3.63) is 53.2 Å². The molecule has 0 saturated carbocycles. The predicted molar refractivity (Wildman–Crippen MR) is 110 cm³/mol. The number of hydrogen-bond acceptors (Lipinski definition) is 6. The number of aromatic nitrogens is 3. The molecule has 0 amide bonds. The minimum absolute atomic E-state index is 0.0876. The first kappa shape index (κ1) is 17.6. The molecule has 1 N–H and O–H groups in total. The first-order valence-electron chi connectivity index (χ1n) is 9.77. The lowest BCUT2D eigenvalue weighted by Gasteiger charge is -2.39. The van der Waals surface area contributed by atoms with E-state index in [1.54, 1.807) is 0 Å². The average molecular weight is 396 g/mol. The van der Waals surface area contributed by atoms with Gasteiger partial charge >= 0.3 is 0 Å². The summed E-state index contributed by atoms with van der Waals surface area (Å²) in [5.74, 6) is 1.97. The highest BCUT2D eigenvalue weighted by Gasteiger charge is 2.30. The van der Waals surface area contributed by atoms with E-state index in [0.29, 0.717) is 17.0 Å². The van der Waals surface area contributed by atoms with Crippen molar-refractivity contribution in [2.45, 2.75) is 24.9 Å². The molecule has 5 rings (SSSR count). The molecule has 2 aromatic heterocycles. The lowest BCUT2D eigenvalue weighted by atomic mass is 9.91. The van der Waals surface area contributed by atoms with Crippen LogP contribution in [0.3, 0.4) is 0 Å². The number of piperidine rings is 1. The molecule has 0 spiro atoms. The largest absolute Gasteiger partial charge is 0.469 e. The highest BCUT2D eigenvalue weighted by atomic mass is 35.5. The Hall–Kier alpha value is -2.44. The summed E-state index contributed by atoms with van der Waals surface area (Å²) in [6.07, 6.45) is 2.22. The lowest BCUT2D eigenvalue weighted by Crippen LogP contribution is -2.54. The van der Waals surface area contributed by atoms with E-state index in [0.717, 1.165) is 61.3 Å². The van der Waals surface area contributed by atoms with Crippen LogP contribution in [0.15, 0.2) is 42.5 Å². The Morgan fingerprint density at radius 1 is 1.04 bits per heavy atom. The van der Waals surface area contributed by atoms with Crippen molar-refractivity contribution in [1.29, 1.82) is 0 Å². The van der Waals surface area contributed by atoms with Crippen molar-refractivity contribution in [2.75, 3.05) is 31.1 Å². The molecule has 2 aliphatic heterocycles. The van der Waals surface area contributed by atoms with Crippen molar-refractivity contribution in [1.82, 2.24) is 20.5 Å². The molecule has 2 saturated heterocycles. The summed E-state index contributed by atoms with van der Waals surface area (Å²) in [7, 11) is 0. The van der Waals surface area contributed by atoms with E-state index in [-0.39, 0.29) is 6.10 Å². The van der Waals surface area contributed by atoms with Gasteiger partial charge in [-0.25, -0.2) is 4.98 Å². The maximum absolute atomic E-state index is 6.30. The number of rotatable bonds is 4. The normalized spacial score (nSPS) is 18.2. The van der Waals surface area contributed by atoms with Crippen LogP contribution in [0.2, 0.25) is 5.15 Å². The van der Waals surface area contributed by atoms with Crippen molar-refractivity contribution in [3.63, 3.8) is 0 Å². The molecule has 2 fully saturated rings. The number of hydrogen-bond donors (Lipinski definition) is 1. The van der Waals surface area contributed by atoms with Crippen LogP contribution in [0, 0.1) is 0 Å². The highest BCUT2D eigenvalue weighted by Crippen LogP contribution is 2.32. The minimum Gasteiger partial charge on any atom is -0.469 e. The molecule has 0 unspecified atom stereocenters. The summed E-state index contributed by atoms with van der Waals surface area (Å²) < 4.78 is 6.06. The molecule has 1 aromatic carbocycles. The van der Waals surface area contributed by atoms with Crippen molar-refractivity contribution < 1.29 is 4.74 Å². The number of halogens is 1. The summed E-state index contributed by atoms with van der Waals surface area (Å²) in [4.78, 5) is 6.96. The number of ether oxygens (including phenoxy) is 1. The molecule has 6 nitrogen and oxygen atoms in total. The first-order chi connectivity index (χ1) is 13.8. The minimum atomic E-state index is 0.0876. The predicted octanol–water partition coefficient (Wildman–Crippen LogP) is 3.41. The number of pyridine rings is 1. The monoisotopic (exact) mass is 395 g/mol. The van der Waals surface area contributed by atoms with Gasteiger partial charge < -0.3 is 15.0 Å². The highest BCUT2D eigenvalue weighted by molar-refractivity contribution is 6.30. The maximum Gasteiger partial charge on any atom is 0.234 e. The number of benzene rings is 1. The van der Waals surface area contributed by atoms with Crippen LogP contribution in [0.1, 0.15) is 24.3 Å². The van der Waals surface area contributed by atoms with E-state index in [1.165, 1.54) is 0 Å². The average Bonchev–Trinajstić information content (AvgIpc) is 2.72. The SMILES string of the molecule is Clc1nnc(OC2CN(c3ccc4ccccc4n3)C2)cc1C1CCNCC1. The van der Waals surface area contributed by atoms with Gasteiger partial charge in [0.1, 0.15) is 11.9 Å². The zero-order chi connectivity index (χ0) is 18.9. The van der Waals surface area contributed by atoms with Gasteiger partial charge in [0.25, 0.3) is 0 Å². The number of nitrogens with one attached hydrogen (secondary N) is 1. The molecule has 4 heterocycles. The standard InChI is InChI=1S/C21H22ClN5O/c22-21-17(14-7-9-23-10-8-14)11-20(25-26-21)28-16-12-27(13-16)19-6-5-15-3-1-2-4-18(15)24-19/h1-6,11,14,16,23H,7-10,12-13H2. The zero-order valence-corrected chi connectivity index (χ0v) is 16.3. The molecule has 7 heteroatoms. The third-order valence-electron chi connectivity index (χ3n) is 5.58. The third kappa shape index (κ3) is 3.50. The van der Waals surface area contributed by atoms with Gasteiger partial charge in [-0.05, 0) is 55.6 Å². The molecular weight excluding hydrogens is 374 g/mol. The van der Waals surface area contributed by atoms with Gasteiger partial charge in [-0.2, -0.15) is 0 Å². The van der Waals surface area contributed by atoms with Crippen LogP contribution in [0.5, 0.6) is 5.88 Å². The van der Waals surface area contributed by atoms with E-state index in [9.17, 15) is 0 Å². The lowest BCUT2D eigenvalue weighted by molar-refractivity contribution is 0.158. The molecule has 3 aromatic rings. The Bertz CT molecular complexity index is 985. The zero-order valence-electron chi connectivity index (χ0n) is 15.5.